The first-order valence-electron chi connectivity index (χ1n) is 7.11. The van der Waals surface area contributed by atoms with Gasteiger partial charge in [-0.2, -0.15) is 0 Å². The van der Waals surface area contributed by atoms with Gasteiger partial charge in [0.2, 0.25) is 5.88 Å². The number of fused-ring (bicyclic) bond motifs is 1. The van der Waals surface area contributed by atoms with Crippen molar-refractivity contribution in [1.29, 1.82) is 0 Å². The van der Waals surface area contributed by atoms with Crippen LogP contribution in [0.2, 0.25) is 0 Å². The van der Waals surface area contributed by atoms with Crippen LogP contribution < -0.4 is 5.56 Å². The Morgan fingerprint density at radius 1 is 1.36 bits per heavy atom. The lowest BCUT2D eigenvalue weighted by molar-refractivity contribution is 0.423. The van der Waals surface area contributed by atoms with Gasteiger partial charge in [-0.25, -0.2) is 0 Å². The Bertz CT molecular complexity index is 823. The van der Waals surface area contributed by atoms with Gasteiger partial charge in [-0.3, -0.25) is 9.36 Å². The first-order chi connectivity index (χ1) is 10.7. The van der Waals surface area contributed by atoms with Gasteiger partial charge in [0.05, 0.1) is 0 Å². The Balaban J connectivity index is 2.32. The van der Waals surface area contributed by atoms with E-state index in [0.717, 1.165) is 11.0 Å². The zero-order chi connectivity index (χ0) is 15.9. The van der Waals surface area contributed by atoms with Gasteiger partial charge in [-0.05, 0) is 23.9 Å². The molecule has 2 rings (SSSR count). The smallest absolute Gasteiger partial charge is 0.254 e. The van der Waals surface area contributed by atoms with E-state index in [0.29, 0.717) is 11.9 Å². The van der Waals surface area contributed by atoms with Gasteiger partial charge < -0.3 is 5.11 Å². The van der Waals surface area contributed by atoms with Crippen molar-refractivity contribution in [2.75, 3.05) is 0 Å². The number of nitrogens with zero attached hydrogens (tertiary/aromatic N) is 1. The van der Waals surface area contributed by atoms with E-state index in [4.69, 9.17) is 0 Å². The minimum atomic E-state index is -0.224. The Morgan fingerprint density at radius 2 is 2.14 bits per heavy atom. The minimum Gasteiger partial charge on any atom is -0.494 e. The summed E-state index contributed by atoms with van der Waals surface area (Å²) in [5.41, 5.74) is 0.713. The van der Waals surface area contributed by atoms with Crippen LogP contribution in [0.15, 0.2) is 83.7 Å². The van der Waals surface area contributed by atoms with Crippen molar-refractivity contribution in [3.8, 4) is 5.88 Å². The second-order valence-electron chi connectivity index (χ2n) is 4.80. The highest BCUT2D eigenvalue weighted by Crippen LogP contribution is 2.21. The van der Waals surface area contributed by atoms with E-state index in [-0.39, 0.29) is 11.4 Å². The maximum Gasteiger partial charge on any atom is 0.254 e. The van der Waals surface area contributed by atoms with Crippen LogP contribution in [0.4, 0.5) is 0 Å². The van der Waals surface area contributed by atoms with Gasteiger partial charge in [0, 0.05) is 18.0 Å². The highest BCUT2D eigenvalue weighted by molar-refractivity contribution is 5.86. The molecule has 0 bridgehead atoms. The second-order valence-corrected chi connectivity index (χ2v) is 4.80. The van der Waals surface area contributed by atoms with E-state index in [1.807, 2.05) is 55.5 Å². The summed E-state index contributed by atoms with van der Waals surface area (Å²) in [6, 6.07) is 8.82. The fourth-order valence-electron chi connectivity index (χ4n) is 2.16. The molecule has 3 nitrogen and oxygen atoms in total. The van der Waals surface area contributed by atoms with Crippen molar-refractivity contribution in [3.63, 3.8) is 0 Å². The molecular formula is C19H19NO2. The van der Waals surface area contributed by atoms with Crippen molar-refractivity contribution in [1.82, 2.24) is 4.57 Å². The molecule has 3 heteroatoms. The lowest BCUT2D eigenvalue weighted by Gasteiger charge is -2.08. The van der Waals surface area contributed by atoms with Gasteiger partial charge >= 0.3 is 0 Å². The van der Waals surface area contributed by atoms with Crippen molar-refractivity contribution in [3.05, 3.63) is 89.3 Å². The minimum absolute atomic E-state index is 0.00895. The third kappa shape index (κ3) is 3.44. The number of rotatable bonds is 5. The Labute approximate surface area is 129 Å². The van der Waals surface area contributed by atoms with Gasteiger partial charge in [0.25, 0.3) is 5.56 Å². The summed E-state index contributed by atoms with van der Waals surface area (Å²) in [6.07, 6.45) is 11.2. The molecule has 0 fully saturated rings. The van der Waals surface area contributed by atoms with E-state index in [1.54, 1.807) is 12.1 Å². The molecule has 1 N–H and O–H groups in total. The Morgan fingerprint density at radius 3 is 2.86 bits per heavy atom. The highest BCUT2D eigenvalue weighted by Gasteiger charge is 2.06. The zero-order valence-corrected chi connectivity index (χ0v) is 12.6. The Kier molecular flexibility index (Phi) is 5.15. The standard InChI is InChI=1S/C19H19NO2/c1-3-5-9-15(4-2)10-8-13-20-18(21)14-16-11-6-7-12-17(16)19(20)22/h3-12,14,22H,2,13H2,1H3. The topological polar surface area (TPSA) is 42.2 Å². The van der Waals surface area contributed by atoms with Crippen LogP contribution in [0.3, 0.4) is 0 Å². The fourth-order valence-corrected chi connectivity index (χ4v) is 2.16. The number of aromatic nitrogens is 1. The molecule has 0 radical (unpaired) electrons. The largest absolute Gasteiger partial charge is 0.494 e. The lowest BCUT2D eigenvalue weighted by atomic mass is 10.1. The molecule has 0 unspecified atom stereocenters. The molecule has 0 aliphatic heterocycles. The molecule has 0 spiro atoms. The molecule has 0 atom stereocenters. The summed E-state index contributed by atoms with van der Waals surface area (Å²) in [7, 11) is 0. The van der Waals surface area contributed by atoms with Crippen molar-refractivity contribution < 1.29 is 5.11 Å². The van der Waals surface area contributed by atoms with Gasteiger partial charge in [-0.15, -0.1) is 0 Å². The lowest BCUT2D eigenvalue weighted by Crippen LogP contribution is -2.18. The predicted octanol–water partition coefficient (Wildman–Crippen LogP) is 3.95. The van der Waals surface area contributed by atoms with Gasteiger partial charge in [0.15, 0.2) is 0 Å². The average Bonchev–Trinajstić information content (AvgIpc) is 2.53. The quantitative estimate of drug-likeness (QED) is 0.848. The summed E-state index contributed by atoms with van der Waals surface area (Å²) in [4.78, 5) is 12.1. The van der Waals surface area contributed by atoms with Gasteiger partial charge in [0.1, 0.15) is 0 Å². The number of allylic oxidation sites excluding steroid dienone is 7. The molecule has 1 heterocycles. The summed E-state index contributed by atoms with van der Waals surface area (Å²) in [5, 5.41) is 11.7. The van der Waals surface area contributed by atoms with Crippen LogP contribution in [0.5, 0.6) is 5.88 Å². The van der Waals surface area contributed by atoms with E-state index in [2.05, 4.69) is 6.58 Å². The normalized spacial score (nSPS) is 12.5. The number of hydrogen-bond acceptors (Lipinski definition) is 2. The predicted molar refractivity (Wildman–Crippen MR) is 92.1 cm³/mol. The molecule has 2 aromatic rings. The Hall–Kier alpha value is -2.81. The third-order valence-electron chi connectivity index (χ3n) is 3.32. The molecule has 0 saturated carbocycles. The number of hydrogen-bond donors (Lipinski definition) is 1. The first-order valence-corrected chi connectivity index (χ1v) is 7.11. The van der Waals surface area contributed by atoms with E-state index in [1.165, 1.54) is 10.6 Å². The monoisotopic (exact) mass is 293 g/mol. The molecule has 1 aromatic carbocycles. The molecule has 22 heavy (non-hydrogen) atoms. The third-order valence-corrected chi connectivity index (χ3v) is 3.32. The van der Waals surface area contributed by atoms with Crippen LogP contribution in [-0.4, -0.2) is 9.67 Å². The van der Waals surface area contributed by atoms with Crippen molar-refractivity contribution in [2.45, 2.75) is 13.5 Å². The molecule has 1 aromatic heterocycles. The molecular weight excluding hydrogens is 274 g/mol. The zero-order valence-electron chi connectivity index (χ0n) is 12.6. The van der Waals surface area contributed by atoms with E-state index in [9.17, 15) is 9.90 Å². The fraction of sp³-hybridized carbons (Fsp3) is 0.105. The number of aromatic hydroxyl groups is 1. The van der Waals surface area contributed by atoms with E-state index < -0.39 is 0 Å². The van der Waals surface area contributed by atoms with Gasteiger partial charge in [-0.1, -0.05) is 61.2 Å². The second kappa shape index (κ2) is 7.27. The van der Waals surface area contributed by atoms with Crippen LogP contribution in [0.1, 0.15) is 6.92 Å². The highest BCUT2D eigenvalue weighted by atomic mass is 16.3. The molecule has 0 saturated heterocycles. The average molecular weight is 293 g/mol. The summed E-state index contributed by atoms with van der Waals surface area (Å²) < 4.78 is 1.34. The summed E-state index contributed by atoms with van der Waals surface area (Å²) in [5.74, 6) is -0.00895. The maximum absolute atomic E-state index is 12.1. The maximum atomic E-state index is 12.1. The summed E-state index contributed by atoms with van der Waals surface area (Å²) in [6.45, 7) is 5.98. The number of benzene rings is 1. The van der Waals surface area contributed by atoms with Crippen LogP contribution >= 0.6 is 0 Å². The van der Waals surface area contributed by atoms with Crippen LogP contribution in [0, 0.1) is 0 Å². The van der Waals surface area contributed by atoms with Crippen LogP contribution in [-0.2, 0) is 6.54 Å². The molecule has 0 amide bonds. The van der Waals surface area contributed by atoms with Crippen molar-refractivity contribution >= 4 is 10.8 Å². The SMILES string of the molecule is C=CC(C=CCn1c(O)c2ccccc2cc1=O)=CC=CC. The number of pyridine rings is 1. The van der Waals surface area contributed by atoms with E-state index >= 15 is 0 Å². The van der Waals surface area contributed by atoms with Crippen LogP contribution in [0.25, 0.3) is 10.8 Å². The molecule has 112 valence electrons. The first kappa shape index (κ1) is 15.6. The molecule has 0 aliphatic carbocycles. The molecule has 0 aliphatic rings. The summed E-state index contributed by atoms with van der Waals surface area (Å²) >= 11 is 0. The van der Waals surface area contributed by atoms with Crippen molar-refractivity contribution in [2.24, 2.45) is 0 Å².